The number of carbonyl (C=O) groups excluding carboxylic acids is 2. The maximum absolute atomic E-state index is 12.4. The molecule has 2 amide bonds. The number of likely N-dealkylation sites (N-methyl/N-ethyl adjacent to an activating group) is 1. The van der Waals surface area contributed by atoms with E-state index in [2.05, 4.69) is 15.6 Å². The highest BCUT2D eigenvalue weighted by Gasteiger charge is 2.21. The topological polar surface area (TPSA) is 83.6 Å². The first kappa shape index (κ1) is 21.0. The van der Waals surface area contributed by atoms with Crippen LogP contribution < -0.4 is 15.4 Å². The molecule has 9 heteroatoms. The number of pyridine rings is 1. The molecule has 0 saturated carbocycles. The molecular weight excluding hydrogens is 391 g/mol. The summed E-state index contributed by atoms with van der Waals surface area (Å²) in [5.74, 6) is -0.120. The zero-order valence-electron chi connectivity index (χ0n) is 15.1. The van der Waals surface area contributed by atoms with Gasteiger partial charge in [-0.25, -0.2) is 4.98 Å². The second kappa shape index (κ2) is 9.55. The molecule has 1 aromatic heterocycles. The Morgan fingerprint density at radius 3 is 2.63 bits per heavy atom. The number of amides is 2. The van der Waals surface area contributed by atoms with Gasteiger partial charge in [0, 0.05) is 11.2 Å². The van der Waals surface area contributed by atoms with Gasteiger partial charge in [-0.3, -0.25) is 14.5 Å². The lowest BCUT2D eigenvalue weighted by Gasteiger charge is -2.23. The van der Waals surface area contributed by atoms with Crippen molar-refractivity contribution in [2.24, 2.45) is 0 Å². The lowest BCUT2D eigenvalue weighted by Crippen LogP contribution is -2.43. The van der Waals surface area contributed by atoms with Crippen LogP contribution in [0.2, 0.25) is 10.2 Å². The second-order valence-electron chi connectivity index (χ2n) is 5.81. The molecule has 1 aromatic carbocycles. The Balaban J connectivity index is 1.96. The Bertz CT molecular complexity index is 832. The maximum Gasteiger partial charge on any atom is 0.241 e. The number of aromatic nitrogens is 1. The summed E-state index contributed by atoms with van der Waals surface area (Å²) >= 11 is 11.9. The van der Waals surface area contributed by atoms with Crippen molar-refractivity contribution in [3.05, 3.63) is 46.7 Å². The molecule has 2 aromatic rings. The van der Waals surface area contributed by atoms with E-state index in [0.29, 0.717) is 22.1 Å². The molecular formula is C18H20Cl2N4O3. The Labute approximate surface area is 167 Å². The number of methoxy groups -OCH3 is 1. The van der Waals surface area contributed by atoms with Crippen molar-refractivity contribution >= 4 is 46.4 Å². The number of carbonyl (C=O) groups is 2. The number of nitrogens with one attached hydrogen (secondary N) is 2. The van der Waals surface area contributed by atoms with Gasteiger partial charge in [0.15, 0.2) is 5.15 Å². The fourth-order valence-electron chi connectivity index (χ4n) is 2.25. The summed E-state index contributed by atoms with van der Waals surface area (Å²) in [6.07, 6.45) is 1.53. The first-order valence-corrected chi connectivity index (χ1v) is 8.82. The fourth-order valence-corrected chi connectivity index (χ4v) is 2.59. The van der Waals surface area contributed by atoms with E-state index in [1.54, 1.807) is 49.2 Å². The van der Waals surface area contributed by atoms with Crippen LogP contribution in [0.1, 0.15) is 6.92 Å². The summed E-state index contributed by atoms with van der Waals surface area (Å²) in [4.78, 5) is 30.2. The van der Waals surface area contributed by atoms with E-state index in [9.17, 15) is 9.59 Å². The third-order valence-electron chi connectivity index (χ3n) is 3.89. The molecule has 0 radical (unpaired) electrons. The van der Waals surface area contributed by atoms with Gasteiger partial charge < -0.3 is 15.4 Å². The van der Waals surface area contributed by atoms with E-state index in [4.69, 9.17) is 27.9 Å². The van der Waals surface area contributed by atoms with Crippen LogP contribution in [0.3, 0.4) is 0 Å². The smallest absolute Gasteiger partial charge is 0.241 e. The summed E-state index contributed by atoms with van der Waals surface area (Å²) in [5, 5.41) is 6.10. The number of halogens is 2. The van der Waals surface area contributed by atoms with E-state index in [1.165, 1.54) is 13.3 Å². The standard InChI is InChI=1S/C18H20Cl2N4O3/c1-11(18(26)23-13-5-4-8-21-17(13)20)24(2)10-16(25)22-14-9-12(19)6-7-15(14)27-3/h4-9,11H,10H2,1-3H3,(H,22,25)(H,23,26). The summed E-state index contributed by atoms with van der Waals surface area (Å²) in [6.45, 7) is 1.68. The van der Waals surface area contributed by atoms with Gasteiger partial charge in [0.2, 0.25) is 11.8 Å². The molecule has 0 fully saturated rings. The molecule has 1 atom stereocenters. The molecule has 1 unspecified atom stereocenters. The molecule has 0 saturated heterocycles. The molecule has 0 bridgehead atoms. The summed E-state index contributed by atoms with van der Waals surface area (Å²) < 4.78 is 5.20. The lowest BCUT2D eigenvalue weighted by molar-refractivity contribution is -0.122. The van der Waals surface area contributed by atoms with Crippen LogP contribution in [0.25, 0.3) is 0 Å². The minimum Gasteiger partial charge on any atom is -0.495 e. The minimum atomic E-state index is -0.576. The zero-order valence-corrected chi connectivity index (χ0v) is 16.6. The van der Waals surface area contributed by atoms with Crippen molar-refractivity contribution in [3.8, 4) is 5.75 Å². The first-order chi connectivity index (χ1) is 12.8. The average molecular weight is 411 g/mol. The number of rotatable bonds is 7. The van der Waals surface area contributed by atoms with Crippen molar-refractivity contribution < 1.29 is 14.3 Å². The third kappa shape index (κ3) is 5.82. The quantitative estimate of drug-likeness (QED) is 0.684. The van der Waals surface area contributed by atoms with E-state index in [0.717, 1.165) is 0 Å². The van der Waals surface area contributed by atoms with Crippen molar-refractivity contribution in [1.29, 1.82) is 0 Å². The highest BCUT2D eigenvalue weighted by atomic mass is 35.5. The number of ether oxygens (including phenoxy) is 1. The maximum atomic E-state index is 12.4. The molecule has 0 aliphatic rings. The van der Waals surface area contributed by atoms with Crippen LogP contribution in [0, 0.1) is 0 Å². The highest BCUT2D eigenvalue weighted by Crippen LogP contribution is 2.27. The molecule has 1 heterocycles. The number of hydrogen-bond acceptors (Lipinski definition) is 5. The summed E-state index contributed by atoms with van der Waals surface area (Å²) in [7, 11) is 3.17. The number of anilines is 2. The van der Waals surface area contributed by atoms with Gasteiger partial charge in [0.05, 0.1) is 31.1 Å². The van der Waals surface area contributed by atoms with Crippen molar-refractivity contribution in [1.82, 2.24) is 9.88 Å². The van der Waals surface area contributed by atoms with Gasteiger partial charge in [-0.2, -0.15) is 0 Å². The van der Waals surface area contributed by atoms with Gasteiger partial charge in [0.1, 0.15) is 5.75 Å². The highest BCUT2D eigenvalue weighted by molar-refractivity contribution is 6.32. The van der Waals surface area contributed by atoms with Crippen LogP contribution in [0.5, 0.6) is 5.75 Å². The van der Waals surface area contributed by atoms with Crippen LogP contribution >= 0.6 is 23.2 Å². The Morgan fingerprint density at radius 2 is 1.96 bits per heavy atom. The Hall–Kier alpha value is -2.35. The second-order valence-corrected chi connectivity index (χ2v) is 6.61. The number of hydrogen-bond donors (Lipinski definition) is 2. The average Bonchev–Trinajstić information content (AvgIpc) is 2.63. The predicted molar refractivity (Wildman–Crippen MR) is 107 cm³/mol. The van der Waals surface area contributed by atoms with E-state index in [1.807, 2.05) is 0 Å². The van der Waals surface area contributed by atoms with Crippen molar-refractivity contribution in [2.45, 2.75) is 13.0 Å². The van der Waals surface area contributed by atoms with Crippen molar-refractivity contribution in [2.75, 3.05) is 31.3 Å². The van der Waals surface area contributed by atoms with Crippen LogP contribution in [0.4, 0.5) is 11.4 Å². The minimum absolute atomic E-state index is 0.00890. The SMILES string of the molecule is COc1ccc(Cl)cc1NC(=O)CN(C)C(C)C(=O)Nc1cccnc1Cl. The normalized spacial score (nSPS) is 11.8. The molecule has 27 heavy (non-hydrogen) atoms. The number of nitrogens with zero attached hydrogens (tertiary/aromatic N) is 2. The molecule has 0 spiro atoms. The van der Waals surface area contributed by atoms with Gasteiger partial charge >= 0.3 is 0 Å². The monoisotopic (exact) mass is 410 g/mol. The Kier molecular flexibility index (Phi) is 7.41. The van der Waals surface area contributed by atoms with Crippen LogP contribution in [-0.2, 0) is 9.59 Å². The van der Waals surface area contributed by atoms with Gasteiger partial charge in [-0.05, 0) is 44.3 Å². The van der Waals surface area contributed by atoms with E-state index >= 15 is 0 Å². The molecule has 2 rings (SSSR count). The fraction of sp³-hybridized carbons (Fsp3) is 0.278. The van der Waals surface area contributed by atoms with Crippen LogP contribution in [-0.4, -0.2) is 48.4 Å². The summed E-state index contributed by atoms with van der Waals surface area (Å²) in [6, 6.07) is 7.67. The zero-order chi connectivity index (χ0) is 20.0. The predicted octanol–water partition coefficient (Wildman–Crippen LogP) is 3.29. The van der Waals surface area contributed by atoms with Crippen LogP contribution in [0.15, 0.2) is 36.5 Å². The summed E-state index contributed by atoms with van der Waals surface area (Å²) in [5.41, 5.74) is 0.875. The Morgan fingerprint density at radius 1 is 1.22 bits per heavy atom. The molecule has 2 N–H and O–H groups in total. The first-order valence-electron chi connectivity index (χ1n) is 8.06. The van der Waals surface area contributed by atoms with Gasteiger partial charge in [0.25, 0.3) is 0 Å². The third-order valence-corrected chi connectivity index (χ3v) is 4.42. The van der Waals surface area contributed by atoms with E-state index in [-0.39, 0.29) is 23.5 Å². The van der Waals surface area contributed by atoms with E-state index < -0.39 is 6.04 Å². The molecule has 0 aliphatic carbocycles. The largest absolute Gasteiger partial charge is 0.495 e. The van der Waals surface area contributed by atoms with Gasteiger partial charge in [-0.15, -0.1) is 0 Å². The number of benzene rings is 1. The molecule has 0 aliphatic heterocycles. The van der Waals surface area contributed by atoms with Gasteiger partial charge in [-0.1, -0.05) is 23.2 Å². The lowest BCUT2D eigenvalue weighted by atomic mass is 10.2. The molecule has 144 valence electrons. The van der Waals surface area contributed by atoms with Crippen molar-refractivity contribution in [3.63, 3.8) is 0 Å². The molecule has 7 nitrogen and oxygen atoms in total.